The van der Waals surface area contributed by atoms with Crippen LogP contribution in [-0.4, -0.2) is 18.5 Å². The zero-order chi connectivity index (χ0) is 17.9. The fourth-order valence-corrected chi connectivity index (χ4v) is 1.99. The summed E-state index contributed by atoms with van der Waals surface area (Å²) in [5, 5.41) is 2.01. The molecule has 7 heteroatoms. The van der Waals surface area contributed by atoms with Gasteiger partial charge < -0.3 is 10.1 Å². The molecule has 0 spiro atoms. The van der Waals surface area contributed by atoms with Crippen molar-refractivity contribution in [2.75, 3.05) is 11.9 Å². The molecule has 2 aromatic rings. The highest BCUT2D eigenvalue weighted by atomic mass is 19.2. The molecule has 0 aliphatic rings. The Morgan fingerprint density at radius 3 is 2.46 bits per heavy atom. The van der Waals surface area contributed by atoms with E-state index in [0.29, 0.717) is 11.6 Å². The van der Waals surface area contributed by atoms with E-state index in [1.54, 1.807) is 19.1 Å². The Morgan fingerprint density at radius 2 is 1.75 bits per heavy atom. The van der Waals surface area contributed by atoms with Crippen molar-refractivity contribution in [3.05, 3.63) is 64.5 Å². The minimum atomic E-state index is -1.69. The highest BCUT2D eigenvalue weighted by Gasteiger charge is 2.17. The second-order valence-electron chi connectivity index (χ2n) is 5.09. The van der Waals surface area contributed by atoms with Crippen LogP contribution in [0.2, 0.25) is 0 Å². The van der Waals surface area contributed by atoms with Crippen molar-refractivity contribution >= 4 is 17.6 Å². The van der Waals surface area contributed by atoms with Crippen LogP contribution in [0.15, 0.2) is 30.3 Å². The van der Waals surface area contributed by atoms with Gasteiger partial charge in [-0.25, -0.2) is 18.0 Å². The van der Waals surface area contributed by atoms with Gasteiger partial charge in [0.25, 0.3) is 5.91 Å². The molecule has 1 N–H and O–H groups in total. The molecule has 0 bridgehead atoms. The first-order chi connectivity index (χ1) is 11.3. The van der Waals surface area contributed by atoms with Crippen LogP contribution in [0.5, 0.6) is 0 Å². The summed E-state index contributed by atoms with van der Waals surface area (Å²) in [6, 6.07) is 6.60. The van der Waals surface area contributed by atoms with E-state index in [4.69, 9.17) is 4.74 Å². The van der Waals surface area contributed by atoms with Crippen LogP contribution in [0.4, 0.5) is 18.9 Å². The second kappa shape index (κ2) is 7.16. The van der Waals surface area contributed by atoms with Gasteiger partial charge in [-0.15, -0.1) is 0 Å². The van der Waals surface area contributed by atoms with Gasteiger partial charge in [0.05, 0.1) is 11.3 Å². The first kappa shape index (κ1) is 17.5. The number of hydrogen-bond donors (Lipinski definition) is 1. The predicted octanol–water partition coefficient (Wildman–Crippen LogP) is 3.52. The Bertz CT molecular complexity index is 806. The number of carbonyl (C=O) groups excluding carboxylic acids is 2. The van der Waals surface area contributed by atoms with Gasteiger partial charge in [0.2, 0.25) is 0 Å². The zero-order valence-electron chi connectivity index (χ0n) is 13.0. The molecule has 126 valence electrons. The molecule has 0 aliphatic carbocycles. The average molecular weight is 337 g/mol. The summed E-state index contributed by atoms with van der Waals surface area (Å²) in [5.41, 5.74) is 1.37. The molecule has 1 amide bonds. The number of anilines is 1. The van der Waals surface area contributed by atoms with Crippen LogP contribution in [0.1, 0.15) is 21.5 Å². The number of aryl methyl sites for hydroxylation is 1. The standard InChI is InChI=1S/C17H14F3NO3/c1-9-4-3-5-11(10(9)2)17(23)24-8-14(22)21-13-7-6-12(18)15(19)16(13)20/h3-7H,8H2,1-2H3,(H,21,22). The number of benzene rings is 2. The molecule has 0 aromatic heterocycles. The number of carbonyl (C=O) groups is 2. The summed E-state index contributed by atoms with van der Waals surface area (Å²) in [4.78, 5) is 23.6. The summed E-state index contributed by atoms with van der Waals surface area (Å²) in [7, 11) is 0. The first-order valence-electron chi connectivity index (χ1n) is 6.98. The fraction of sp³-hybridized carbons (Fsp3) is 0.176. The Morgan fingerprint density at radius 1 is 1.04 bits per heavy atom. The van der Waals surface area contributed by atoms with Crippen molar-refractivity contribution in [1.29, 1.82) is 0 Å². The molecule has 2 rings (SSSR count). The monoisotopic (exact) mass is 337 g/mol. The van der Waals surface area contributed by atoms with Crippen LogP contribution < -0.4 is 5.32 Å². The van der Waals surface area contributed by atoms with Gasteiger partial charge in [-0.1, -0.05) is 12.1 Å². The topological polar surface area (TPSA) is 55.4 Å². The van der Waals surface area contributed by atoms with E-state index in [9.17, 15) is 22.8 Å². The van der Waals surface area contributed by atoms with Gasteiger partial charge in [-0.3, -0.25) is 4.79 Å². The van der Waals surface area contributed by atoms with Crippen LogP contribution in [0, 0.1) is 31.3 Å². The highest BCUT2D eigenvalue weighted by molar-refractivity contribution is 5.96. The molecular formula is C17H14F3NO3. The molecule has 0 heterocycles. The first-order valence-corrected chi connectivity index (χ1v) is 6.98. The average Bonchev–Trinajstić information content (AvgIpc) is 2.55. The third kappa shape index (κ3) is 3.73. The van der Waals surface area contributed by atoms with Crippen LogP contribution in [-0.2, 0) is 9.53 Å². The molecule has 0 aliphatic heterocycles. The largest absolute Gasteiger partial charge is 0.452 e. The lowest BCUT2D eigenvalue weighted by Gasteiger charge is -2.10. The van der Waals surface area contributed by atoms with Crippen molar-refractivity contribution in [1.82, 2.24) is 0 Å². The number of hydrogen-bond acceptors (Lipinski definition) is 3. The number of ether oxygens (including phenoxy) is 1. The van der Waals surface area contributed by atoms with E-state index in [0.717, 1.165) is 17.2 Å². The zero-order valence-corrected chi connectivity index (χ0v) is 13.0. The second-order valence-corrected chi connectivity index (χ2v) is 5.09. The Hall–Kier alpha value is -2.83. The third-order valence-electron chi connectivity index (χ3n) is 3.47. The normalized spacial score (nSPS) is 10.4. The van der Waals surface area contributed by atoms with Gasteiger partial charge in [-0.05, 0) is 43.2 Å². The van der Waals surface area contributed by atoms with Crippen molar-refractivity contribution in [3.63, 3.8) is 0 Å². The van der Waals surface area contributed by atoms with Gasteiger partial charge >= 0.3 is 5.97 Å². The van der Waals surface area contributed by atoms with E-state index in [2.05, 4.69) is 0 Å². The summed E-state index contributed by atoms with van der Waals surface area (Å²) in [5.74, 6) is -6.17. The van der Waals surface area contributed by atoms with E-state index in [1.807, 2.05) is 18.3 Å². The van der Waals surface area contributed by atoms with Gasteiger partial charge in [0.1, 0.15) is 0 Å². The summed E-state index contributed by atoms with van der Waals surface area (Å²) in [6.45, 7) is 2.87. The maximum absolute atomic E-state index is 13.4. The molecule has 4 nitrogen and oxygen atoms in total. The smallest absolute Gasteiger partial charge is 0.338 e. The number of halogens is 3. The van der Waals surface area contributed by atoms with E-state index >= 15 is 0 Å². The highest BCUT2D eigenvalue weighted by Crippen LogP contribution is 2.19. The quantitative estimate of drug-likeness (QED) is 0.686. The molecule has 2 aromatic carbocycles. The molecule has 0 saturated heterocycles. The van der Waals surface area contributed by atoms with Crippen molar-refractivity contribution in [3.8, 4) is 0 Å². The Balaban J connectivity index is 2.00. The maximum Gasteiger partial charge on any atom is 0.338 e. The summed E-state index contributed by atoms with van der Waals surface area (Å²) >= 11 is 0. The lowest BCUT2D eigenvalue weighted by Crippen LogP contribution is -2.22. The number of amides is 1. The van der Waals surface area contributed by atoms with Crippen LogP contribution >= 0.6 is 0 Å². The predicted molar refractivity (Wildman–Crippen MR) is 81.1 cm³/mol. The fourth-order valence-electron chi connectivity index (χ4n) is 1.99. The van der Waals surface area contributed by atoms with Crippen molar-refractivity contribution in [2.45, 2.75) is 13.8 Å². The van der Waals surface area contributed by atoms with Gasteiger partial charge in [0, 0.05) is 0 Å². The molecule has 0 saturated carbocycles. The van der Waals surface area contributed by atoms with E-state index in [1.165, 1.54) is 0 Å². The number of nitrogens with one attached hydrogen (secondary N) is 1. The molecule has 0 fully saturated rings. The molecule has 24 heavy (non-hydrogen) atoms. The Kier molecular flexibility index (Phi) is 5.23. The van der Waals surface area contributed by atoms with Crippen molar-refractivity contribution < 1.29 is 27.5 Å². The van der Waals surface area contributed by atoms with E-state index < -0.39 is 41.6 Å². The third-order valence-corrected chi connectivity index (χ3v) is 3.47. The van der Waals surface area contributed by atoms with Crippen LogP contribution in [0.3, 0.4) is 0 Å². The van der Waals surface area contributed by atoms with Gasteiger partial charge in [-0.2, -0.15) is 0 Å². The minimum absolute atomic E-state index is 0.307. The summed E-state index contributed by atoms with van der Waals surface area (Å²) < 4.78 is 44.2. The Labute approximate surface area is 136 Å². The molecule has 0 atom stereocenters. The molecule has 0 radical (unpaired) electrons. The number of esters is 1. The molecular weight excluding hydrogens is 323 g/mol. The SMILES string of the molecule is Cc1cccc(C(=O)OCC(=O)Nc2ccc(F)c(F)c2F)c1C. The summed E-state index contributed by atoms with van der Waals surface area (Å²) in [6.07, 6.45) is 0. The van der Waals surface area contributed by atoms with Crippen LogP contribution in [0.25, 0.3) is 0 Å². The lowest BCUT2D eigenvalue weighted by atomic mass is 10.0. The van der Waals surface area contributed by atoms with Crippen molar-refractivity contribution in [2.24, 2.45) is 0 Å². The maximum atomic E-state index is 13.4. The molecule has 0 unspecified atom stereocenters. The van der Waals surface area contributed by atoms with E-state index in [-0.39, 0.29) is 0 Å². The van der Waals surface area contributed by atoms with Gasteiger partial charge in [0.15, 0.2) is 24.1 Å². The lowest BCUT2D eigenvalue weighted by molar-refractivity contribution is -0.119. The minimum Gasteiger partial charge on any atom is -0.452 e. The number of rotatable bonds is 4.